The first-order chi connectivity index (χ1) is 8.88. The number of carbonyl (C=O) groups excluding carboxylic acids is 1. The average Bonchev–Trinajstić information content (AvgIpc) is 2.27. The van der Waals surface area contributed by atoms with Gasteiger partial charge in [-0.1, -0.05) is 5.56 Å². The van der Waals surface area contributed by atoms with E-state index in [-0.39, 0.29) is 11.0 Å². The van der Waals surface area contributed by atoms with Crippen LogP contribution in [0.2, 0.25) is 0 Å². The minimum atomic E-state index is -5.89. The third kappa shape index (κ3) is 2.97. The first kappa shape index (κ1) is 16.5. The molecule has 0 aliphatic heterocycles. The molecule has 9 heteroatoms. The maximum Gasteiger partial charge on any atom is 0.534 e. The fraction of sp³-hybridized carbons (Fsp3) is 0.364. The van der Waals surface area contributed by atoms with Crippen LogP contribution in [0.25, 0.3) is 0 Å². The van der Waals surface area contributed by atoms with E-state index in [1.165, 1.54) is 13.0 Å². The molecular weight excluding hydrogens is 296 g/mol. The molecule has 0 saturated carbocycles. The molecule has 0 aliphatic carbocycles. The number of alkyl halides is 3. The van der Waals surface area contributed by atoms with E-state index < -0.39 is 27.2 Å². The van der Waals surface area contributed by atoms with Crippen LogP contribution in [0.1, 0.15) is 28.4 Å². The lowest BCUT2D eigenvalue weighted by atomic mass is 9.85. The molecule has 0 spiro atoms. The van der Waals surface area contributed by atoms with Crippen molar-refractivity contribution in [2.75, 3.05) is 0 Å². The topological polar surface area (TPSA) is 60.4 Å². The molecule has 0 atom stereocenters. The van der Waals surface area contributed by atoms with Gasteiger partial charge in [-0.2, -0.15) is 21.6 Å². The fourth-order valence-corrected chi connectivity index (χ4v) is 1.92. The Morgan fingerprint density at radius 2 is 1.80 bits per heavy atom. The fourth-order valence-electron chi connectivity index (χ4n) is 1.43. The van der Waals surface area contributed by atoms with Gasteiger partial charge < -0.3 is 4.18 Å². The number of Topliss-reactive ketones (excluding diaryl/α,β-unsaturated/α-hetero) is 1. The van der Waals surface area contributed by atoms with Crippen molar-refractivity contribution in [3.8, 4) is 5.75 Å². The van der Waals surface area contributed by atoms with Gasteiger partial charge in [0.2, 0.25) is 0 Å². The van der Waals surface area contributed by atoms with Gasteiger partial charge in [0.25, 0.3) is 0 Å². The van der Waals surface area contributed by atoms with Crippen molar-refractivity contribution >= 4 is 29.2 Å². The lowest BCUT2D eigenvalue weighted by molar-refractivity contribution is -0.0500. The predicted octanol–water partition coefficient (Wildman–Crippen LogP) is 1.53. The zero-order valence-electron chi connectivity index (χ0n) is 10.8. The van der Waals surface area contributed by atoms with E-state index in [1.807, 2.05) is 0 Å². The normalized spacial score (nSPS) is 12.3. The van der Waals surface area contributed by atoms with Crippen LogP contribution in [-0.4, -0.2) is 27.6 Å². The van der Waals surface area contributed by atoms with Gasteiger partial charge in [-0.25, -0.2) is 0 Å². The molecule has 0 amide bonds. The number of halogens is 3. The van der Waals surface area contributed by atoms with Crippen LogP contribution in [0.4, 0.5) is 13.2 Å². The molecule has 1 rings (SSSR count). The van der Waals surface area contributed by atoms with Crippen LogP contribution >= 0.6 is 0 Å². The van der Waals surface area contributed by atoms with E-state index in [4.69, 9.17) is 7.85 Å². The Balaban J connectivity index is 3.54. The summed E-state index contributed by atoms with van der Waals surface area (Å²) in [4.78, 5) is 11.4. The Hall–Kier alpha value is -1.51. The summed E-state index contributed by atoms with van der Waals surface area (Å²) in [6, 6.07) is 1.23. The summed E-state index contributed by atoms with van der Waals surface area (Å²) in [6.45, 7) is 4.12. The molecule has 0 saturated heterocycles. The molecule has 20 heavy (non-hydrogen) atoms. The second-order valence-corrected chi connectivity index (χ2v) is 5.69. The van der Waals surface area contributed by atoms with Gasteiger partial charge in [0.1, 0.15) is 13.6 Å². The molecule has 0 unspecified atom stereocenters. The summed E-state index contributed by atoms with van der Waals surface area (Å²) in [5.74, 6) is -1.45. The van der Waals surface area contributed by atoms with Crippen LogP contribution in [-0.2, 0) is 10.1 Å². The maximum atomic E-state index is 12.3. The van der Waals surface area contributed by atoms with E-state index in [0.717, 1.165) is 6.92 Å². The Morgan fingerprint density at radius 1 is 1.30 bits per heavy atom. The molecule has 0 fully saturated rings. The molecule has 108 valence electrons. The summed E-state index contributed by atoms with van der Waals surface area (Å²) >= 11 is 0. The second-order valence-electron chi connectivity index (χ2n) is 4.15. The summed E-state index contributed by atoms with van der Waals surface area (Å²) in [7, 11) is -0.328. The monoisotopic (exact) mass is 306 g/mol. The molecular formula is C11H10BF3O4S. The zero-order valence-corrected chi connectivity index (χ0v) is 11.6. The number of rotatable bonds is 3. The SMILES string of the molecule is [B]c1c(C)c(C)cc(C(C)=O)c1OS(=O)(=O)C(F)(F)F. The van der Waals surface area contributed by atoms with E-state index >= 15 is 0 Å². The van der Waals surface area contributed by atoms with Gasteiger partial charge in [0.05, 0.1) is 5.56 Å². The molecule has 4 nitrogen and oxygen atoms in total. The summed E-state index contributed by atoms with van der Waals surface area (Å²) in [5, 5.41) is 0. The van der Waals surface area contributed by atoms with E-state index in [9.17, 15) is 26.4 Å². The summed E-state index contributed by atoms with van der Waals surface area (Å²) < 4.78 is 63.1. The van der Waals surface area contributed by atoms with Crippen LogP contribution < -0.4 is 9.65 Å². The standard InChI is InChI=1S/C11H10BF3O4S/c1-5-4-8(7(3)16)10(9(12)6(5)2)19-20(17,18)11(13,14)15/h4H,1-3H3. The van der Waals surface area contributed by atoms with Crippen LogP contribution in [0.15, 0.2) is 6.07 Å². The summed E-state index contributed by atoms with van der Waals surface area (Å²) in [6.07, 6.45) is 0. The van der Waals surface area contributed by atoms with Gasteiger partial charge in [-0.3, -0.25) is 4.79 Å². The molecule has 0 bridgehead atoms. The molecule has 1 aromatic rings. The number of ketones is 1. The van der Waals surface area contributed by atoms with Crippen LogP contribution in [0, 0.1) is 13.8 Å². The van der Waals surface area contributed by atoms with E-state index in [0.29, 0.717) is 11.1 Å². The maximum absolute atomic E-state index is 12.3. The molecule has 0 aromatic heterocycles. The third-order valence-corrected chi connectivity index (χ3v) is 3.65. The van der Waals surface area contributed by atoms with E-state index in [2.05, 4.69) is 4.18 Å². The van der Waals surface area contributed by atoms with Gasteiger partial charge in [-0.05, 0) is 37.9 Å². The third-order valence-electron chi connectivity index (χ3n) is 2.70. The lowest BCUT2D eigenvalue weighted by Gasteiger charge is -2.17. The smallest absolute Gasteiger partial charge is 0.376 e. The minimum Gasteiger partial charge on any atom is -0.376 e. The van der Waals surface area contributed by atoms with Crippen molar-refractivity contribution in [1.29, 1.82) is 0 Å². The second kappa shape index (κ2) is 5.12. The van der Waals surface area contributed by atoms with Crippen LogP contribution in [0.5, 0.6) is 5.75 Å². The first-order valence-electron chi connectivity index (χ1n) is 5.30. The number of carbonyl (C=O) groups is 1. The van der Waals surface area contributed by atoms with Crippen molar-refractivity contribution in [2.45, 2.75) is 26.3 Å². The number of hydrogen-bond donors (Lipinski definition) is 0. The predicted molar refractivity (Wildman–Crippen MR) is 66.9 cm³/mol. The highest BCUT2D eigenvalue weighted by molar-refractivity contribution is 7.88. The van der Waals surface area contributed by atoms with Crippen molar-refractivity contribution < 1.29 is 30.6 Å². The molecule has 2 radical (unpaired) electrons. The zero-order chi connectivity index (χ0) is 15.9. The van der Waals surface area contributed by atoms with Crippen molar-refractivity contribution in [2.24, 2.45) is 0 Å². The average molecular weight is 306 g/mol. The minimum absolute atomic E-state index is 0.317. The quantitative estimate of drug-likeness (QED) is 0.368. The van der Waals surface area contributed by atoms with Gasteiger partial charge in [0, 0.05) is 0 Å². The largest absolute Gasteiger partial charge is 0.534 e. The molecule has 1 aromatic carbocycles. The first-order valence-corrected chi connectivity index (χ1v) is 6.70. The molecule has 0 N–H and O–H groups in total. The van der Waals surface area contributed by atoms with Gasteiger partial charge in [0.15, 0.2) is 5.78 Å². The molecule has 0 heterocycles. The van der Waals surface area contributed by atoms with Gasteiger partial charge >= 0.3 is 15.6 Å². The van der Waals surface area contributed by atoms with Crippen molar-refractivity contribution in [3.05, 3.63) is 22.8 Å². The Labute approximate surface area is 115 Å². The highest BCUT2D eigenvalue weighted by Gasteiger charge is 2.49. The lowest BCUT2D eigenvalue weighted by Crippen LogP contribution is -2.31. The van der Waals surface area contributed by atoms with E-state index in [1.54, 1.807) is 6.92 Å². The Bertz CT molecular complexity index is 665. The Morgan fingerprint density at radius 3 is 2.20 bits per heavy atom. The number of hydrogen-bond acceptors (Lipinski definition) is 4. The van der Waals surface area contributed by atoms with Crippen molar-refractivity contribution in [3.63, 3.8) is 0 Å². The number of aryl methyl sites for hydroxylation is 1. The molecule has 0 aliphatic rings. The van der Waals surface area contributed by atoms with Gasteiger partial charge in [-0.15, -0.1) is 0 Å². The van der Waals surface area contributed by atoms with Crippen LogP contribution in [0.3, 0.4) is 0 Å². The number of benzene rings is 1. The van der Waals surface area contributed by atoms with Crippen molar-refractivity contribution in [1.82, 2.24) is 0 Å². The highest BCUT2D eigenvalue weighted by atomic mass is 32.2. The summed E-state index contributed by atoms with van der Waals surface area (Å²) in [5.41, 5.74) is -5.37. The Kier molecular flexibility index (Phi) is 4.24. The highest BCUT2D eigenvalue weighted by Crippen LogP contribution is 2.29.